The van der Waals surface area contributed by atoms with Crippen LogP contribution in [0.2, 0.25) is 0 Å². The maximum atomic E-state index is 13.3. The van der Waals surface area contributed by atoms with Crippen molar-refractivity contribution < 1.29 is 24.2 Å². The van der Waals surface area contributed by atoms with Gasteiger partial charge in [-0.3, -0.25) is 14.7 Å². The maximum Gasteiger partial charge on any atom is 0.335 e. The summed E-state index contributed by atoms with van der Waals surface area (Å²) in [5.74, 6) is -0.657. The number of aromatic nitrogens is 2. The number of carbonyl (C=O) groups is 2. The summed E-state index contributed by atoms with van der Waals surface area (Å²) in [6.45, 7) is 11.0. The minimum atomic E-state index is -1.08. The number of hydrogen-bond donors (Lipinski definition) is 3. The average molecular weight is 586 g/mol. The van der Waals surface area contributed by atoms with Crippen LogP contribution in [0.1, 0.15) is 66.5 Å². The Labute approximate surface area is 249 Å². The fourth-order valence-corrected chi connectivity index (χ4v) is 4.28. The SMILES string of the molecule is CCOc1ccc(C(C)(C)C)cc1CNC(=O)c1ccccc1N=Nc1c(OCC)[nH]n(-c2ccc(C(=O)O)cc2)c1=O. The van der Waals surface area contributed by atoms with E-state index in [1.807, 2.05) is 25.1 Å². The molecule has 0 saturated heterocycles. The van der Waals surface area contributed by atoms with Gasteiger partial charge in [0.1, 0.15) is 5.75 Å². The molecule has 0 saturated carbocycles. The molecule has 0 aliphatic rings. The highest BCUT2D eigenvalue weighted by Gasteiger charge is 2.19. The molecule has 224 valence electrons. The van der Waals surface area contributed by atoms with Crippen molar-refractivity contribution in [1.82, 2.24) is 15.1 Å². The molecule has 0 aliphatic carbocycles. The first-order valence-corrected chi connectivity index (χ1v) is 13.9. The van der Waals surface area contributed by atoms with Crippen molar-refractivity contribution in [3.63, 3.8) is 0 Å². The lowest BCUT2D eigenvalue weighted by molar-refractivity contribution is 0.0696. The van der Waals surface area contributed by atoms with Gasteiger partial charge in [-0.15, -0.1) is 10.2 Å². The zero-order chi connectivity index (χ0) is 31.1. The molecule has 0 spiro atoms. The first-order valence-electron chi connectivity index (χ1n) is 13.9. The first kappa shape index (κ1) is 30.8. The number of rotatable bonds is 11. The molecule has 0 fully saturated rings. The van der Waals surface area contributed by atoms with Crippen LogP contribution in [0.25, 0.3) is 5.69 Å². The van der Waals surface area contributed by atoms with E-state index in [0.717, 1.165) is 11.1 Å². The average Bonchev–Trinajstić information content (AvgIpc) is 3.29. The molecule has 0 bridgehead atoms. The van der Waals surface area contributed by atoms with Gasteiger partial charge in [-0.25, -0.2) is 9.48 Å². The highest BCUT2D eigenvalue weighted by atomic mass is 16.5. The molecule has 0 unspecified atom stereocenters. The summed E-state index contributed by atoms with van der Waals surface area (Å²) in [6.07, 6.45) is 0. The van der Waals surface area contributed by atoms with Gasteiger partial charge in [0.25, 0.3) is 5.91 Å². The van der Waals surface area contributed by atoms with Gasteiger partial charge in [0.2, 0.25) is 11.6 Å². The molecule has 0 aliphatic heterocycles. The number of ether oxygens (including phenoxy) is 2. The minimum absolute atomic E-state index is 0.0739. The summed E-state index contributed by atoms with van der Waals surface area (Å²) in [5.41, 5.74) is 2.25. The number of azo groups is 1. The molecule has 11 heteroatoms. The van der Waals surface area contributed by atoms with E-state index in [4.69, 9.17) is 14.6 Å². The summed E-state index contributed by atoms with van der Waals surface area (Å²) in [4.78, 5) is 37.8. The smallest absolute Gasteiger partial charge is 0.335 e. The summed E-state index contributed by atoms with van der Waals surface area (Å²) >= 11 is 0. The molecule has 1 aromatic heterocycles. The van der Waals surface area contributed by atoms with E-state index >= 15 is 0 Å². The van der Waals surface area contributed by atoms with Crippen LogP contribution in [0.5, 0.6) is 11.6 Å². The Morgan fingerprint density at radius 2 is 1.65 bits per heavy atom. The molecule has 4 aromatic rings. The van der Waals surface area contributed by atoms with E-state index in [2.05, 4.69) is 41.4 Å². The summed E-state index contributed by atoms with van der Waals surface area (Å²) in [7, 11) is 0. The van der Waals surface area contributed by atoms with Crippen molar-refractivity contribution in [3.8, 4) is 17.3 Å². The highest BCUT2D eigenvalue weighted by molar-refractivity contribution is 5.98. The van der Waals surface area contributed by atoms with Crippen molar-refractivity contribution >= 4 is 23.3 Å². The molecule has 0 radical (unpaired) electrons. The van der Waals surface area contributed by atoms with E-state index in [0.29, 0.717) is 18.0 Å². The minimum Gasteiger partial charge on any atom is -0.494 e. The molecule has 1 amide bonds. The van der Waals surface area contributed by atoms with Crippen molar-refractivity contribution in [3.05, 3.63) is 99.3 Å². The Bertz CT molecular complexity index is 1700. The van der Waals surface area contributed by atoms with Gasteiger partial charge >= 0.3 is 11.5 Å². The Hall–Kier alpha value is -5.19. The number of carboxylic acids is 1. The molecule has 11 nitrogen and oxygen atoms in total. The normalized spacial score (nSPS) is 11.5. The lowest BCUT2D eigenvalue weighted by Gasteiger charge is -2.21. The number of benzene rings is 3. The number of H-pyrrole nitrogens is 1. The van der Waals surface area contributed by atoms with Gasteiger partial charge in [-0.1, -0.05) is 39.0 Å². The lowest BCUT2D eigenvalue weighted by Crippen LogP contribution is -2.23. The zero-order valence-corrected chi connectivity index (χ0v) is 24.8. The van der Waals surface area contributed by atoms with Crippen LogP contribution in [-0.4, -0.2) is 40.0 Å². The van der Waals surface area contributed by atoms with Crippen LogP contribution in [0.3, 0.4) is 0 Å². The van der Waals surface area contributed by atoms with Crippen molar-refractivity contribution in [2.75, 3.05) is 13.2 Å². The van der Waals surface area contributed by atoms with Gasteiger partial charge < -0.3 is 19.9 Å². The lowest BCUT2D eigenvalue weighted by atomic mass is 9.86. The largest absolute Gasteiger partial charge is 0.494 e. The van der Waals surface area contributed by atoms with Gasteiger partial charge in [-0.05, 0) is 73.4 Å². The van der Waals surface area contributed by atoms with Gasteiger partial charge in [0.15, 0.2) is 0 Å². The van der Waals surface area contributed by atoms with Crippen LogP contribution in [0.15, 0.2) is 81.8 Å². The molecular weight excluding hydrogens is 550 g/mol. The van der Waals surface area contributed by atoms with Crippen LogP contribution < -0.4 is 20.3 Å². The quantitative estimate of drug-likeness (QED) is 0.176. The number of carbonyl (C=O) groups excluding carboxylic acids is 1. The maximum absolute atomic E-state index is 13.3. The number of carboxylic acid groups (broad SMARTS) is 1. The summed E-state index contributed by atoms with van der Waals surface area (Å²) in [5, 5.41) is 23.4. The fourth-order valence-electron chi connectivity index (χ4n) is 4.28. The Morgan fingerprint density at radius 3 is 2.30 bits per heavy atom. The molecule has 3 aromatic carbocycles. The number of amides is 1. The molecule has 1 heterocycles. The van der Waals surface area contributed by atoms with Crippen LogP contribution in [0, 0.1) is 0 Å². The predicted molar refractivity (Wildman–Crippen MR) is 163 cm³/mol. The van der Waals surface area contributed by atoms with E-state index < -0.39 is 11.5 Å². The van der Waals surface area contributed by atoms with E-state index in [9.17, 15) is 14.4 Å². The predicted octanol–water partition coefficient (Wildman–Crippen LogP) is 6.30. The first-order chi connectivity index (χ1) is 20.5. The Balaban J connectivity index is 1.61. The molecular formula is C32H35N5O6. The van der Waals surface area contributed by atoms with E-state index in [1.54, 1.807) is 31.2 Å². The monoisotopic (exact) mass is 585 g/mol. The third-order valence-electron chi connectivity index (χ3n) is 6.57. The number of nitrogens with zero attached hydrogens (tertiary/aromatic N) is 3. The third-order valence-corrected chi connectivity index (χ3v) is 6.57. The van der Waals surface area contributed by atoms with Crippen molar-refractivity contribution in [1.29, 1.82) is 0 Å². The Morgan fingerprint density at radius 1 is 0.953 bits per heavy atom. The molecule has 3 N–H and O–H groups in total. The standard InChI is InChI=1S/C32H35N5O6/c1-6-42-26-17-14-22(32(3,4)5)18-21(26)19-33-28(38)24-10-8-9-11-25(24)34-35-27-29(43-7-2)36-37(30(27)39)23-15-12-20(13-16-23)31(40)41/h8-18,36H,6-7,19H2,1-5H3,(H,33,38)(H,40,41). The van der Waals surface area contributed by atoms with Gasteiger partial charge in [-0.2, -0.15) is 0 Å². The van der Waals surface area contributed by atoms with E-state index in [-0.39, 0.29) is 52.9 Å². The summed E-state index contributed by atoms with van der Waals surface area (Å²) < 4.78 is 12.6. The second kappa shape index (κ2) is 13.2. The van der Waals surface area contributed by atoms with Crippen LogP contribution in [-0.2, 0) is 12.0 Å². The van der Waals surface area contributed by atoms with Gasteiger partial charge in [0.05, 0.1) is 35.7 Å². The number of hydrogen-bond acceptors (Lipinski definition) is 7. The number of aromatic carboxylic acids is 1. The molecule has 4 rings (SSSR count). The Kier molecular flexibility index (Phi) is 9.44. The number of aromatic amines is 1. The molecule has 0 atom stereocenters. The zero-order valence-electron chi connectivity index (χ0n) is 24.8. The topological polar surface area (TPSA) is 147 Å². The third kappa shape index (κ3) is 7.18. The van der Waals surface area contributed by atoms with Crippen molar-refractivity contribution in [2.24, 2.45) is 10.2 Å². The van der Waals surface area contributed by atoms with Crippen LogP contribution >= 0.6 is 0 Å². The summed E-state index contributed by atoms with van der Waals surface area (Å²) in [6, 6.07) is 18.4. The second-order valence-corrected chi connectivity index (χ2v) is 10.6. The number of nitrogens with one attached hydrogen (secondary N) is 2. The van der Waals surface area contributed by atoms with Gasteiger partial charge in [0, 0.05) is 12.1 Å². The van der Waals surface area contributed by atoms with Crippen molar-refractivity contribution in [2.45, 2.75) is 46.6 Å². The fraction of sp³-hybridized carbons (Fsp3) is 0.281. The second-order valence-electron chi connectivity index (χ2n) is 10.6. The highest BCUT2D eigenvalue weighted by Crippen LogP contribution is 2.29. The van der Waals surface area contributed by atoms with Crippen LogP contribution in [0.4, 0.5) is 11.4 Å². The molecule has 43 heavy (non-hydrogen) atoms. The van der Waals surface area contributed by atoms with E-state index in [1.165, 1.54) is 28.9 Å².